The lowest BCUT2D eigenvalue weighted by Gasteiger charge is -2.32. The van der Waals surface area contributed by atoms with E-state index in [1.807, 2.05) is 65.6 Å². The molecular formula is C25H24N2O2. The Morgan fingerprint density at radius 1 is 0.828 bits per heavy atom. The lowest BCUT2D eigenvalue weighted by molar-refractivity contribution is -0.134. The zero-order valence-electron chi connectivity index (χ0n) is 16.3. The first kappa shape index (κ1) is 18.9. The quantitative estimate of drug-likeness (QED) is 0.731. The molecule has 1 aliphatic rings. The second kappa shape index (κ2) is 8.74. The monoisotopic (exact) mass is 384 g/mol. The van der Waals surface area contributed by atoms with Gasteiger partial charge in [0.15, 0.2) is 0 Å². The smallest absolute Gasteiger partial charge is 0.251 e. The summed E-state index contributed by atoms with van der Waals surface area (Å²) in [5, 5.41) is 2.97. The van der Waals surface area contributed by atoms with Crippen LogP contribution in [0.4, 0.5) is 0 Å². The largest absolute Gasteiger partial charge is 0.340 e. The van der Waals surface area contributed by atoms with Crippen LogP contribution in [0, 0.1) is 0 Å². The van der Waals surface area contributed by atoms with Crippen molar-refractivity contribution in [3.8, 4) is 0 Å². The van der Waals surface area contributed by atoms with Crippen LogP contribution in [0.1, 0.15) is 27.0 Å². The van der Waals surface area contributed by atoms with Crippen molar-refractivity contribution in [2.24, 2.45) is 0 Å². The van der Waals surface area contributed by atoms with Gasteiger partial charge in [-0.3, -0.25) is 9.59 Å². The molecule has 4 heteroatoms. The Balaban J connectivity index is 1.54. The molecule has 146 valence electrons. The van der Waals surface area contributed by atoms with Crippen molar-refractivity contribution in [3.05, 3.63) is 107 Å². The maximum absolute atomic E-state index is 13.4. The van der Waals surface area contributed by atoms with E-state index < -0.39 is 6.04 Å². The SMILES string of the molecule is O=C(N[C@H](Cc1ccccc1)C(=O)N1CCc2ccccc2C1)c1ccccc1. The summed E-state index contributed by atoms with van der Waals surface area (Å²) in [5.74, 6) is -0.259. The highest BCUT2D eigenvalue weighted by Crippen LogP contribution is 2.20. The molecule has 1 atom stereocenters. The van der Waals surface area contributed by atoms with E-state index in [1.54, 1.807) is 12.1 Å². The van der Waals surface area contributed by atoms with Crippen LogP contribution < -0.4 is 5.32 Å². The van der Waals surface area contributed by atoms with Gasteiger partial charge in [-0.2, -0.15) is 0 Å². The third kappa shape index (κ3) is 4.54. The molecule has 1 aliphatic heterocycles. The molecule has 4 rings (SSSR count). The molecule has 0 radical (unpaired) electrons. The second-order valence-electron chi connectivity index (χ2n) is 7.36. The number of hydrogen-bond donors (Lipinski definition) is 1. The highest BCUT2D eigenvalue weighted by molar-refractivity contribution is 5.97. The number of rotatable bonds is 5. The molecule has 0 aromatic heterocycles. The Morgan fingerprint density at radius 3 is 2.17 bits per heavy atom. The van der Waals surface area contributed by atoms with E-state index in [0.717, 1.165) is 12.0 Å². The summed E-state index contributed by atoms with van der Waals surface area (Å²) >= 11 is 0. The molecule has 0 fully saturated rings. The fourth-order valence-corrected chi connectivity index (χ4v) is 3.79. The van der Waals surface area contributed by atoms with E-state index in [9.17, 15) is 9.59 Å². The van der Waals surface area contributed by atoms with Crippen LogP contribution in [0.5, 0.6) is 0 Å². The Hall–Kier alpha value is -3.40. The third-order valence-electron chi connectivity index (χ3n) is 5.36. The maximum atomic E-state index is 13.4. The maximum Gasteiger partial charge on any atom is 0.251 e. The van der Waals surface area contributed by atoms with Crippen molar-refractivity contribution >= 4 is 11.8 Å². The Kier molecular flexibility index (Phi) is 5.71. The van der Waals surface area contributed by atoms with Crippen LogP contribution in [0.2, 0.25) is 0 Å². The van der Waals surface area contributed by atoms with Crippen molar-refractivity contribution in [2.75, 3.05) is 6.54 Å². The van der Waals surface area contributed by atoms with Gasteiger partial charge in [0.25, 0.3) is 5.91 Å². The van der Waals surface area contributed by atoms with E-state index in [1.165, 1.54) is 11.1 Å². The van der Waals surface area contributed by atoms with Gasteiger partial charge in [-0.15, -0.1) is 0 Å². The predicted molar refractivity (Wildman–Crippen MR) is 113 cm³/mol. The number of hydrogen-bond acceptors (Lipinski definition) is 2. The van der Waals surface area contributed by atoms with Gasteiger partial charge in [-0.1, -0.05) is 72.8 Å². The van der Waals surface area contributed by atoms with Crippen molar-refractivity contribution < 1.29 is 9.59 Å². The van der Waals surface area contributed by atoms with Crippen LogP contribution in [0.3, 0.4) is 0 Å². The van der Waals surface area contributed by atoms with Gasteiger partial charge in [0.05, 0.1) is 0 Å². The molecule has 0 saturated carbocycles. The fourth-order valence-electron chi connectivity index (χ4n) is 3.79. The number of nitrogens with one attached hydrogen (secondary N) is 1. The number of benzene rings is 3. The normalized spacial score (nSPS) is 14.0. The molecule has 0 bridgehead atoms. The Bertz CT molecular complexity index is 986. The number of amides is 2. The predicted octanol–water partition coefficient (Wildman–Crippen LogP) is 3.61. The summed E-state index contributed by atoms with van der Waals surface area (Å²) in [5.41, 5.74) is 4.06. The molecule has 29 heavy (non-hydrogen) atoms. The lowest BCUT2D eigenvalue weighted by Crippen LogP contribution is -2.50. The molecule has 0 spiro atoms. The van der Waals surface area contributed by atoms with Gasteiger partial charge in [-0.05, 0) is 35.2 Å². The molecule has 1 N–H and O–H groups in total. The van der Waals surface area contributed by atoms with Crippen molar-refractivity contribution in [1.29, 1.82) is 0 Å². The first-order chi connectivity index (χ1) is 14.2. The zero-order chi connectivity index (χ0) is 20.1. The summed E-state index contributed by atoms with van der Waals surface area (Å²) < 4.78 is 0. The van der Waals surface area contributed by atoms with Gasteiger partial charge in [0.1, 0.15) is 6.04 Å². The zero-order valence-corrected chi connectivity index (χ0v) is 16.3. The van der Waals surface area contributed by atoms with Crippen LogP contribution in [0.25, 0.3) is 0 Å². The molecule has 4 nitrogen and oxygen atoms in total. The van der Waals surface area contributed by atoms with Crippen LogP contribution >= 0.6 is 0 Å². The minimum absolute atomic E-state index is 0.0346. The summed E-state index contributed by atoms with van der Waals surface area (Å²) in [6.45, 7) is 1.25. The minimum atomic E-state index is -0.602. The van der Waals surface area contributed by atoms with E-state index in [0.29, 0.717) is 25.1 Å². The topological polar surface area (TPSA) is 49.4 Å². The Labute approximate surface area is 171 Å². The van der Waals surface area contributed by atoms with Crippen molar-refractivity contribution in [2.45, 2.75) is 25.4 Å². The Morgan fingerprint density at radius 2 is 1.45 bits per heavy atom. The number of fused-ring (bicyclic) bond motifs is 1. The van der Waals surface area contributed by atoms with Crippen LogP contribution in [0.15, 0.2) is 84.9 Å². The molecule has 1 heterocycles. The highest BCUT2D eigenvalue weighted by atomic mass is 16.2. The second-order valence-corrected chi connectivity index (χ2v) is 7.36. The summed E-state index contributed by atoms with van der Waals surface area (Å²) in [6.07, 6.45) is 1.31. The highest BCUT2D eigenvalue weighted by Gasteiger charge is 2.29. The van der Waals surface area contributed by atoms with Gasteiger partial charge in [0.2, 0.25) is 5.91 Å². The molecule has 3 aromatic carbocycles. The van der Waals surface area contributed by atoms with E-state index in [2.05, 4.69) is 17.4 Å². The average molecular weight is 384 g/mol. The first-order valence-corrected chi connectivity index (χ1v) is 9.96. The van der Waals surface area contributed by atoms with E-state index in [4.69, 9.17) is 0 Å². The van der Waals surface area contributed by atoms with E-state index in [-0.39, 0.29) is 11.8 Å². The number of carbonyl (C=O) groups excluding carboxylic acids is 2. The van der Waals surface area contributed by atoms with Crippen LogP contribution in [-0.2, 0) is 24.2 Å². The van der Waals surface area contributed by atoms with Gasteiger partial charge < -0.3 is 10.2 Å². The number of nitrogens with zero attached hydrogens (tertiary/aromatic N) is 1. The molecule has 0 unspecified atom stereocenters. The van der Waals surface area contributed by atoms with Crippen LogP contribution in [-0.4, -0.2) is 29.3 Å². The summed E-state index contributed by atoms with van der Waals surface area (Å²) in [6, 6.07) is 26.5. The molecule has 0 aliphatic carbocycles. The van der Waals surface area contributed by atoms with E-state index >= 15 is 0 Å². The minimum Gasteiger partial charge on any atom is -0.340 e. The van der Waals surface area contributed by atoms with Crippen molar-refractivity contribution in [3.63, 3.8) is 0 Å². The number of carbonyl (C=O) groups is 2. The van der Waals surface area contributed by atoms with Crippen molar-refractivity contribution in [1.82, 2.24) is 10.2 Å². The standard InChI is InChI=1S/C25H24N2O2/c28-24(21-12-5-2-6-13-21)26-23(17-19-9-3-1-4-10-19)25(29)27-16-15-20-11-7-8-14-22(20)18-27/h1-14,23H,15-18H2,(H,26,28)/t23-/m1/s1. The summed E-state index contributed by atoms with van der Waals surface area (Å²) in [4.78, 5) is 28.0. The van der Waals surface area contributed by atoms with Gasteiger partial charge in [-0.25, -0.2) is 0 Å². The molecule has 2 amide bonds. The molecular weight excluding hydrogens is 360 g/mol. The molecule has 3 aromatic rings. The third-order valence-corrected chi connectivity index (χ3v) is 5.36. The summed E-state index contributed by atoms with van der Waals surface area (Å²) in [7, 11) is 0. The average Bonchev–Trinajstić information content (AvgIpc) is 2.79. The van der Waals surface area contributed by atoms with Gasteiger partial charge >= 0.3 is 0 Å². The van der Waals surface area contributed by atoms with Gasteiger partial charge in [0, 0.05) is 25.1 Å². The fraction of sp³-hybridized carbons (Fsp3) is 0.200. The first-order valence-electron chi connectivity index (χ1n) is 9.96. The lowest BCUT2D eigenvalue weighted by atomic mass is 9.98. The molecule has 0 saturated heterocycles.